The molecule has 36 heavy (non-hydrogen) atoms. The van der Waals surface area contributed by atoms with E-state index in [1.54, 1.807) is 6.92 Å². The van der Waals surface area contributed by atoms with E-state index in [1.807, 2.05) is 91.0 Å². The molecule has 3 atom stereocenters. The van der Waals surface area contributed by atoms with Gasteiger partial charge in [-0.2, -0.15) is 0 Å². The minimum atomic E-state index is -0.945. The number of hydrogen-bond donors (Lipinski definition) is 3. The first-order valence-corrected chi connectivity index (χ1v) is 12.0. The molecule has 1 saturated heterocycles. The van der Waals surface area contributed by atoms with Gasteiger partial charge in [0.1, 0.15) is 17.8 Å². The van der Waals surface area contributed by atoms with Crippen LogP contribution in [0.25, 0.3) is 0 Å². The predicted octanol–water partition coefficient (Wildman–Crippen LogP) is 3.57. The lowest BCUT2D eigenvalue weighted by atomic mass is 9.80. The molecule has 7 nitrogen and oxygen atoms in total. The Hall–Kier alpha value is -3.78. The van der Waals surface area contributed by atoms with Crippen LogP contribution in [0, 0.1) is 6.92 Å². The van der Waals surface area contributed by atoms with Gasteiger partial charge in [0, 0.05) is 12.0 Å². The fraction of sp³-hybridized carbons (Fsp3) is 0.241. The van der Waals surface area contributed by atoms with Gasteiger partial charge in [0.2, 0.25) is 0 Å². The Balaban J connectivity index is 1.51. The molecular weight excluding hydrogens is 456 g/mol. The molecule has 0 bridgehead atoms. The Morgan fingerprint density at radius 2 is 1.36 bits per heavy atom. The third-order valence-electron chi connectivity index (χ3n) is 6.77. The third-order valence-corrected chi connectivity index (χ3v) is 6.77. The highest BCUT2D eigenvalue weighted by atomic mass is 16.6. The lowest BCUT2D eigenvalue weighted by molar-refractivity contribution is -0.0833. The standard InChI is InChI=1S/C29H28N2O5/c1-19-26(30-28(34)31-27(19)33)24-17-23(32)25(36-24)18-35-29(20-11-5-2-6-12-20,21-13-7-3-8-14-21)22-15-9-4-10-16-22/h2-16,23-25,32H,17-18H2,1H3,(H2,30,31,33,34)/t23-,24-,25+/m0/s1. The van der Waals surface area contributed by atoms with Crippen LogP contribution < -0.4 is 11.2 Å². The van der Waals surface area contributed by atoms with Crippen LogP contribution in [0.1, 0.15) is 40.5 Å². The second kappa shape index (κ2) is 10.1. The molecule has 1 aliphatic rings. The number of rotatable bonds is 7. The summed E-state index contributed by atoms with van der Waals surface area (Å²) in [5.74, 6) is 0. The van der Waals surface area contributed by atoms with Crippen molar-refractivity contribution < 1.29 is 14.6 Å². The molecule has 0 amide bonds. The Labute approximate surface area is 208 Å². The minimum Gasteiger partial charge on any atom is -0.390 e. The van der Waals surface area contributed by atoms with Crippen LogP contribution in [-0.4, -0.2) is 33.9 Å². The van der Waals surface area contributed by atoms with Crippen molar-refractivity contribution >= 4 is 0 Å². The average molecular weight is 485 g/mol. The highest BCUT2D eigenvalue weighted by Gasteiger charge is 2.42. The van der Waals surface area contributed by atoms with Gasteiger partial charge in [-0.3, -0.25) is 9.78 Å². The summed E-state index contributed by atoms with van der Waals surface area (Å²) in [5, 5.41) is 10.9. The van der Waals surface area contributed by atoms with Gasteiger partial charge in [-0.25, -0.2) is 4.79 Å². The molecule has 7 heteroatoms. The number of benzene rings is 3. The van der Waals surface area contributed by atoms with E-state index in [0.717, 1.165) is 16.7 Å². The number of aromatic nitrogens is 2. The van der Waals surface area contributed by atoms with Gasteiger partial charge in [-0.15, -0.1) is 0 Å². The minimum absolute atomic E-state index is 0.0861. The largest absolute Gasteiger partial charge is 0.390 e. The fourth-order valence-corrected chi connectivity index (χ4v) is 4.93. The van der Waals surface area contributed by atoms with Crippen molar-refractivity contribution in [2.24, 2.45) is 0 Å². The highest BCUT2D eigenvalue weighted by Crippen LogP contribution is 2.42. The molecule has 0 saturated carbocycles. The number of aromatic amines is 2. The molecule has 4 aromatic rings. The second-order valence-corrected chi connectivity index (χ2v) is 9.00. The van der Waals surface area contributed by atoms with Crippen LogP contribution in [0.3, 0.4) is 0 Å². The zero-order valence-corrected chi connectivity index (χ0v) is 19.9. The molecule has 3 N–H and O–H groups in total. The van der Waals surface area contributed by atoms with Crippen molar-refractivity contribution in [2.75, 3.05) is 6.61 Å². The summed E-state index contributed by atoms with van der Waals surface area (Å²) < 4.78 is 12.9. The molecule has 0 spiro atoms. The number of aliphatic hydroxyl groups excluding tert-OH is 1. The number of ether oxygens (including phenoxy) is 2. The normalized spacial score (nSPS) is 19.9. The maximum Gasteiger partial charge on any atom is 0.325 e. The molecule has 1 aromatic heterocycles. The molecule has 0 radical (unpaired) electrons. The van der Waals surface area contributed by atoms with Gasteiger partial charge >= 0.3 is 5.69 Å². The Morgan fingerprint density at radius 1 is 0.861 bits per heavy atom. The number of aliphatic hydroxyl groups is 1. The van der Waals surface area contributed by atoms with Crippen molar-refractivity contribution in [1.82, 2.24) is 9.97 Å². The zero-order valence-electron chi connectivity index (χ0n) is 19.9. The van der Waals surface area contributed by atoms with Crippen LogP contribution in [0.15, 0.2) is 101 Å². The molecular formula is C29H28N2O5. The first-order chi connectivity index (χ1) is 17.5. The topological polar surface area (TPSA) is 104 Å². The van der Waals surface area contributed by atoms with Crippen LogP contribution in [0.2, 0.25) is 0 Å². The lowest BCUT2D eigenvalue weighted by Gasteiger charge is -2.37. The molecule has 184 valence electrons. The Morgan fingerprint density at radius 3 is 1.86 bits per heavy atom. The third kappa shape index (κ3) is 4.44. The van der Waals surface area contributed by atoms with Crippen molar-refractivity contribution in [3.05, 3.63) is 140 Å². The van der Waals surface area contributed by atoms with E-state index in [4.69, 9.17) is 9.47 Å². The first-order valence-electron chi connectivity index (χ1n) is 12.0. The van der Waals surface area contributed by atoms with Gasteiger partial charge in [0.25, 0.3) is 5.56 Å². The summed E-state index contributed by atoms with van der Waals surface area (Å²) in [4.78, 5) is 28.8. The van der Waals surface area contributed by atoms with Crippen molar-refractivity contribution in [3.8, 4) is 0 Å². The van der Waals surface area contributed by atoms with Gasteiger partial charge < -0.3 is 19.6 Å². The molecule has 0 aliphatic carbocycles. The van der Waals surface area contributed by atoms with E-state index in [1.165, 1.54) is 0 Å². The van der Waals surface area contributed by atoms with Crippen molar-refractivity contribution in [1.29, 1.82) is 0 Å². The number of hydrogen-bond acceptors (Lipinski definition) is 5. The summed E-state index contributed by atoms with van der Waals surface area (Å²) in [6, 6.07) is 29.9. The Bertz CT molecular complexity index is 1320. The zero-order chi connectivity index (χ0) is 25.1. The van der Waals surface area contributed by atoms with Gasteiger partial charge in [0.15, 0.2) is 0 Å². The molecule has 5 rings (SSSR count). The molecule has 1 fully saturated rings. The van der Waals surface area contributed by atoms with Crippen molar-refractivity contribution in [2.45, 2.75) is 37.3 Å². The molecule has 0 unspecified atom stereocenters. The summed E-state index contributed by atoms with van der Waals surface area (Å²) in [6.07, 6.45) is -1.88. The van der Waals surface area contributed by atoms with Crippen LogP contribution in [0.4, 0.5) is 0 Å². The van der Waals surface area contributed by atoms with Gasteiger partial charge in [0.05, 0.1) is 18.4 Å². The van der Waals surface area contributed by atoms with Gasteiger partial charge in [-0.05, 0) is 23.6 Å². The van der Waals surface area contributed by atoms with Crippen LogP contribution in [-0.2, 0) is 15.1 Å². The van der Waals surface area contributed by atoms with Crippen LogP contribution in [0.5, 0.6) is 0 Å². The maximum absolute atomic E-state index is 12.1. The lowest BCUT2D eigenvalue weighted by Crippen LogP contribution is -2.38. The monoisotopic (exact) mass is 484 g/mol. The molecule has 2 heterocycles. The first kappa shape index (κ1) is 23.9. The average Bonchev–Trinajstić information content (AvgIpc) is 3.28. The SMILES string of the molecule is Cc1c([C@@H]2C[C@H](O)[C@@H](COC(c3ccccc3)(c3ccccc3)c3ccccc3)O2)[nH]c(=O)[nH]c1=O. The quantitative estimate of drug-likeness (QED) is 0.348. The Kier molecular flexibility index (Phi) is 6.69. The number of H-pyrrole nitrogens is 2. The van der Waals surface area contributed by atoms with E-state index >= 15 is 0 Å². The number of nitrogens with one attached hydrogen (secondary N) is 2. The maximum atomic E-state index is 12.1. The van der Waals surface area contributed by atoms with E-state index in [0.29, 0.717) is 11.3 Å². The summed E-state index contributed by atoms with van der Waals surface area (Å²) in [7, 11) is 0. The summed E-state index contributed by atoms with van der Waals surface area (Å²) in [6.45, 7) is 1.71. The predicted molar refractivity (Wildman–Crippen MR) is 136 cm³/mol. The highest BCUT2D eigenvalue weighted by molar-refractivity contribution is 5.47. The smallest absolute Gasteiger partial charge is 0.325 e. The summed E-state index contributed by atoms with van der Waals surface area (Å²) >= 11 is 0. The second-order valence-electron chi connectivity index (χ2n) is 9.00. The van der Waals surface area contributed by atoms with Gasteiger partial charge in [-0.1, -0.05) is 91.0 Å². The molecule has 1 aliphatic heterocycles. The van der Waals surface area contributed by atoms with E-state index in [2.05, 4.69) is 9.97 Å². The fourth-order valence-electron chi connectivity index (χ4n) is 4.93. The van der Waals surface area contributed by atoms with E-state index < -0.39 is 35.2 Å². The van der Waals surface area contributed by atoms with Crippen molar-refractivity contribution in [3.63, 3.8) is 0 Å². The van der Waals surface area contributed by atoms with E-state index in [-0.39, 0.29) is 13.0 Å². The van der Waals surface area contributed by atoms with E-state index in [9.17, 15) is 14.7 Å². The molecule has 3 aromatic carbocycles. The summed E-state index contributed by atoms with van der Waals surface area (Å²) in [5.41, 5.74) is 1.56. The van der Waals surface area contributed by atoms with Crippen LogP contribution >= 0.6 is 0 Å².